The van der Waals surface area contributed by atoms with Crippen LogP contribution in [-0.2, 0) is 0 Å². The molecular formula is C10H13NO. The van der Waals surface area contributed by atoms with Gasteiger partial charge in [-0.25, -0.2) is 0 Å². The van der Waals surface area contributed by atoms with Crippen LogP contribution in [0.25, 0.3) is 0 Å². The Balaban J connectivity index is 2.19. The van der Waals surface area contributed by atoms with Gasteiger partial charge in [0.2, 0.25) is 0 Å². The second kappa shape index (κ2) is 3.15. The van der Waals surface area contributed by atoms with Crippen molar-refractivity contribution in [3.8, 4) is 5.75 Å². The van der Waals surface area contributed by atoms with Gasteiger partial charge < -0.3 is 10.1 Å². The third-order valence-electron chi connectivity index (χ3n) is 2.35. The lowest BCUT2D eigenvalue weighted by atomic mass is 9.94. The summed E-state index contributed by atoms with van der Waals surface area (Å²) >= 11 is 0. The molecule has 0 spiro atoms. The van der Waals surface area contributed by atoms with E-state index in [9.17, 15) is 0 Å². The van der Waals surface area contributed by atoms with Crippen LogP contribution in [0.1, 0.15) is 11.5 Å². The van der Waals surface area contributed by atoms with E-state index in [1.54, 1.807) is 7.11 Å². The van der Waals surface area contributed by atoms with Crippen molar-refractivity contribution < 1.29 is 4.74 Å². The van der Waals surface area contributed by atoms with Crippen molar-refractivity contribution in [1.82, 2.24) is 5.32 Å². The molecule has 0 aliphatic carbocycles. The van der Waals surface area contributed by atoms with Crippen LogP contribution < -0.4 is 10.1 Å². The molecule has 2 rings (SSSR count). The lowest BCUT2D eigenvalue weighted by Crippen LogP contribution is -2.39. The predicted molar refractivity (Wildman–Crippen MR) is 48.6 cm³/mol. The highest BCUT2D eigenvalue weighted by Gasteiger charge is 2.18. The Labute approximate surface area is 72.5 Å². The zero-order chi connectivity index (χ0) is 8.39. The van der Waals surface area contributed by atoms with Crippen molar-refractivity contribution in [2.45, 2.75) is 5.92 Å². The molecule has 0 atom stereocenters. The third kappa shape index (κ3) is 1.30. The first-order chi connectivity index (χ1) is 5.90. The average Bonchev–Trinajstić information content (AvgIpc) is 2.02. The van der Waals surface area contributed by atoms with Crippen LogP contribution >= 0.6 is 0 Å². The molecule has 1 aliphatic heterocycles. The fourth-order valence-electron chi connectivity index (χ4n) is 1.42. The summed E-state index contributed by atoms with van der Waals surface area (Å²) in [5, 5.41) is 3.26. The Bertz CT molecular complexity index is 268. The standard InChI is InChI=1S/C10H13NO/c1-12-10-4-2-3-8(5-10)9-6-11-7-9/h2-5,9,11H,6-7H2,1H3. The summed E-state index contributed by atoms with van der Waals surface area (Å²) in [5.41, 5.74) is 1.38. The first kappa shape index (κ1) is 7.62. The molecule has 12 heavy (non-hydrogen) atoms. The fraction of sp³-hybridized carbons (Fsp3) is 0.400. The lowest BCUT2D eigenvalue weighted by molar-refractivity contribution is 0.409. The van der Waals surface area contributed by atoms with E-state index >= 15 is 0 Å². The smallest absolute Gasteiger partial charge is 0.119 e. The van der Waals surface area contributed by atoms with Crippen LogP contribution in [0.2, 0.25) is 0 Å². The minimum atomic E-state index is 0.695. The van der Waals surface area contributed by atoms with E-state index in [0.717, 1.165) is 18.8 Å². The Kier molecular flexibility index (Phi) is 2.00. The summed E-state index contributed by atoms with van der Waals surface area (Å²) < 4.78 is 5.15. The van der Waals surface area contributed by atoms with Gasteiger partial charge in [0.05, 0.1) is 7.11 Å². The molecule has 0 saturated carbocycles. The molecule has 2 heteroatoms. The number of hydrogen-bond donors (Lipinski definition) is 1. The third-order valence-corrected chi connectivity index (χ3v) is 2.35. The van der Waals surface area contributed by atoms with E-state index < -0.39 is 0 Å². The van der Waals surface area contributed by atoms with E-state index in [1.807, 2.05) is 12.1 Å². The van der Waals surface area contributed by atoms with E-state index in [-0.39, 0.29) is 0 Å². The summed E-state index contributed by atoms with van der Waals surface area (Å²) in [4.78, 5) is 0. The highest BCUT2D eigenvalue weighted by molar-refractivity contribution is 5.32. The minimum absolute atomic E-state index is 0.695. The minimum Gasteiger partial charge on any atom is -0.497 e. The first-order valence-corrected chi connectivity index (χ1v) is 4.25. The fourth-order valence-corrected chi connectivity index (χ4v) is 1.42. The maximum Gasteiger partial charge on any atom is 0.119 e. The molecule has 1 saturated heterocycles. The van der Waals surface area contributed by atoms with Crippen LogP contribution in [0.15, 0.2) is 24.3 Å². The van der Waals surface area contributed by atoms with Gasteiger partial charge in [-0.3, -0.25) is 0 Å². The Hall–Kier alpha value is -1.02. The van der Waals surface area contributed by atoms with Crippen molar-refractivity contribution in [3.63, 3.8) is 0 Å². The van der Waals surface area contributed by atoms with Crippen LogP contribution in [0, 0.1) is 0 Å². The second-order valence-corrected chi connectivity index (χ2v) is 3.13. The number of hydrogen-bond acceptors (Lipinski definition) is 2. The van der Waals surface area contributed by atoms with Crippen molar-refractivity contribution in [3.05, 3.63) is 29.8 Å². The van der Waals surface area contributed by atoms with Gasteiger partial charge in [-0.2, -0.15) is 0 Å². The summed E-state index contributed by atoms with van der Waals surface area (Å²) in [7, 11) is 1.71. The van der Waals surface area contributed by atoms with Crippen molar-refractivity contribution in [1.29, 1.82) is 0 Å². The molecule has 1 aliphatic rings. The van der Waals surface area contributed by atoms with Crippen molar-refractivity contribution in [2.75, 3.05) is 20.2 Å². The van der Waals surface area contributed by atoms with Gasteiger partial charge in [0, 0.05) is 19.0 Å². The van der Waals surface area contributed by atoms with Gasteiger partial charge in [0.25, 0.3) is 0 Å². The number of rotatable bonds is 2. The Morgan fingerprint density at radius 2 is 2.25 bits per heavy atom. The molecule has 0 amide bonds. The van der Waals surface area contributed by atoms with E-state index in [1.165, 1.54) is 5.56 Å². The second-order valence-electron chi connectivity index (χ2n) is 3.13. The average molecular weight is 163 g/mol. The van der Waals surface area contributed by atoms with E-state index in [2.05, 4.69) is 17.4 Å². The zero-order valence-corrected chi connectivity index (χ0v) is 7.21. The number of methoxy groups -OCH3 is 1. The molecule has 1 aromatic rings. The monoisotopic (exact) mass is 163 g/mol. The molecule has 2 nitrogen and oxygen atoms in total. The molecule has 1 N–H and O–H groups in total. The van der Waals surface area contributed by atoms with Crippen molar-refractivity contribution >= 4 is 0 Å². The van der Waals surface area contributed by atoms with Crippen molar-refractivity contribution in [2.24, 2.45) is 0 Å². The number of benzene rings is 1. The summed E-state index contributed by atoms with van der Waals surface area (Å²) in [6.45, 7) is 2.21. The quantitative estimate of drug-likeness (QED) is 0.711. The van der Waals surface area contributed by atoms with Gasteiger partial charge in [-0.05, 0) is 17.7 Å². The molecule has 0 radical (unpaired) electrons. The highest BCUT2D eigenvalue weighted by Crippen LogP contribution is 2.23. The summed E-state index contributed by atoms with van der Waals surface area (Å²) in [6, 6.07) is 8.31. The number of ether oxygens (including phenoxy) is 1. The molecule has 64 valence electrons. The van der Waals surface area contributed by atoms with E-state index in [0.29, 0.717) is 5.92 Å². The first-order valence-electron chi connectivity index (χ1n) is 4.25. The van der Waals surface area contributed by atoms with Gasteiger partial charge >= 0.3 is 0 Å². The molecule has 0 bridgehead atoms. The van der Waals surface area contributed by atoms with Gasteiger partial charge in [-0.1, -0.05) is 12.1 Å². The maximum atomic E-state index is 5.15. The highest BCUT2D eigenvalue weighted by atomic mass is 16.5. The SMILES string of the molecule is COc1cccc(C2CNC2)c1. The normalized spacial score (nSPS) is 17.1. The topological polar surface area (TPSA) is 21.3 Å². The summed E-state index contributed by atoms with van der Waals surface area (Å²) in [5.74, 6) is 1.65. The van der Waals surface area contributed by atoms with Crippen LogP contribution in [0.5, 0.6) is 5.75 Å². The van der Waals surface area contributed by atoms with Crippen LogP contribution in [0.4, 0.5) is 0 Å². The van der Waals surface area contributed by atoms with Gasteiger partial charge in [-0.15, -0.1) is 0 Å². The maximum absolute atomic E-state index is 5.15. The van der Waals surface area contributed by atoms with Gasteiger partial charge in [0.1, 0.15) is 5.75 Å². The predicted octanol–water partition coefficient (Wildman–Crippen LogP) is 1.38. The molecular weight excluding hydrogens is 150 g/mol. The van der Waals surface area contributed by atoms with E-state index in [4.69, 9.17) is 4.74 Å². The molecule has 1 heterocycles. The van der Waals surface area contributed by atoms with Crippen LogP contribution in [0.3, 0.4) is 0 Å². The zero-order valence-electron chi connectivity index (χ0n) is 7.21. The molecule has 0 unspecified atom stereocenters. The summed E-state index contributed by atoms with van der Waals surface area (Å²) in [6.07, 6.45) is 0. The molecule has 1 fully saturated rings. The molecule has 1 aromatic carbocycles. The van der Waals surface area contributed by atoms with Gasteiger partial charge in [0.15, 0.2) is 0 Å². The Morgan fingerprint density at radius 3 is 2.83 bits per heavy atom. The molecule has 0 aromatic heterocycles. The lowest BCUT2D eigenvalue weighted by Gasteiger charge is -2.27. The van der Waals surface area contributed by atoms with Crippen LogP contribution in [-0.4, -0.2) is 20.2 Å². The number of nitrogens with one attached hydrogen (secondary N) is 1. The largest absolute Gasteiger partial charge is 0.497 e. The Morgan fingerprint density at radius 1 is 1.42 bits per heavy atom.